The molecule has 1 heterocycles. The molecule has 1 aromatic heterocycles. The van der Waals surface area contributed by atoms with Crippen LogP contribution in [0.5, 0.6) is 0 Å². The summed E-state index contributed by atoms with van der Waals surface area (Å²) in [6.07, 6.45) is 9.29. The summed E-state index contributed by atoms with van der Waals surface area (Å²) >= 11 is 1.50. The number of nitrogens with zero attached hydrogens (tertiary/aromatic N) is 1. The number of nitrogens with one attached hydrogen (secondary N) is 1. The van der Waals surface area contributed by atoms with Gasteiger partial charge in [-0.2, -0.15) is 0 Å². The Morgan fingerprint density at radius 2 is 1.96 bits per heavy atom. The summed E-state index contributed by atoms with van der Waals surface area (Å²) in [5, 5.41) is 5.68. The van der Waals surface area contributed by atoms with E-state index in [1.165, 1.54) is 49.0 Å². The number of hydrogen-bond acceptors (Lipinski definition) is 3. The largest absolute Gasteiger partial charge is 0.302 e. The highest BCUT2D eigenvalue weighted by atomic mass is 32.1. The normalized spacial score (nSPS) is 15.4. The zero-order chi connectivity index (χ0) is 16.8. The van der Waals surface area contributed by atoms with Gasteiger partial charge in [0.15, 0.2) is 5.13 Å². The number of anilines is 1. The fourth-order valence-corrected chi connectivity index (χ4v) is 4.10. The van der Waals surface area contributed by atoms with Gasteiger partial charge in [0.1, 0.15) is 0 Å². The van der Waals surface area contributed by atoms with E-state index in [1.807, 2.05) is 5.38 Å². The first-order chi connectivity index (χ1) is 11.7. The van der Waals surface area contributed by atoms with Gasteiger partial charge in [0.05, 0.1) is 5.69 Å². The molecule has 1 saturated carbocycles. The average molecular weight is 343 g/mol. The molecule has 0 aliphatic heterocycles. The summed E-state index contributed by atoms with van der Waals surface area (Å²) in [4.78, 5) is 16.7. The summed E-state index contributed by atoms with van der Waals surface area (Å²) in [6.45, 7) is 2.15. The molecule has 3 rings (SSSR count). The molecule has 128 valence electrons. The number of aromatic nitrogens is 1. The van der Waals surface area contributed by atoms with E-state index < -0.39 is 0 Å². The molecule has 1 fully saturated rings. The Hall–Kier alpha value is -1.68. The molecule has 0 radical (unpaired) electrons. The smallest absolute Gasteiger partial charge is 0.226 e. The molecule has 1 aromatic carbocycles. The van der Waals surface area contributed by atoms with Gasteiger partial charge in [-0.25, -0.2) is 4.98 Å². The first-order valence-electron chi connectivity index (χ1n) is 9.09. The number of amides is 1. The highest BCUT2D eigenvalue weighted by molar-refractivity contribution is 7.14. The van der Waals surface area contributed by atoms with E-state index in [-0.39, 0.29) is 5.91 Å². The SMILES string of the molecule is CCc1ccc(-c2csc(NC(=O)CCC3CCCCC3)n2)cc1. The zero-order valence-corrected chi connectivity index (χ0v) is 15.2. The van der Waals surface area contributed by atoms with E-state index in [0.29, 0.717) is 11.6 Å². The van der Waals surface area contributed by atoms with Gasteiger partial charge in [-0.05, 0) is 24.3 Å². The molecule has 1 amide bonds. The molecule has 1 N–H and O–H groups in total. The van der Waals surface area contributed by atoms with Gasteiger partial charge >= 0.3 is 0 Å². The van der Waals surface area contributed by atoms with Gasteiger partial charge < -0.3 is 5.32 Å². The van der Waals surface area contributed by atoms with Crippen molar-refractivity contribution in [3.63, 3.8) is 0 Å². The van der Waals surface area contributed by atoms with Crippen LogP contribution in [0.4, 0.5) is 5.13 Å². The number of benzene rings is 1. The van der Waals surface area contributed by atoms with Crippen molar-refractivity contribution in [2.75, 3.05) is 5.32 Å². The second-order valence-corrected chi connectivity index (χ2v) is 7.54. The van der Waals surface area contributed by atoms with Crippen LogP contribution < -0.4 is 5.32 Å². The van der Waals surface area contributed by atoms with E-state index in [1.54, 1.807) is 0 Å². The molecule has 0 unspecified atom stereocenters. The van der Waals surface area contributed by atoms with Gasteiger partial charge in [-0.3, -0.25) is 4.79 Å². The topological polar surface area (TPSA) is 42.0 Å². The first kappa shape index (κ1) is 17.2. The number of rotatable bonds is 6. The van der Waals surface area contributed by atoms with Crippen molar-refractivity contribution >= 4 is 22.4 Å². The number of thiazole rings is 1. The van der Waals surface area contributed by atoms with E-state index in [0.717, 1.165) is 30.0 Å². The first-order valence-corrected chi connectivity index (χ1v) is 9.97. The fourth-order valence-electron chi connectivity index (χ4n) is 3.37. The van der Waals surface area contributed by atoms with Crippen LogP contribution in [0.15, 0.2) is 29.6 Å². The summed E-state index contributed by atoms with van der Waals surface area (Å²) < 4.78 is 0. The molecule has 0 saturated heterocycles. The Morgan fingerprint density at radius 1 is 1.21 bits per heavy atom. The Bertz CT molecular complexity index is 657. The number of hydrogen-bond donors (Lipinski definition) is 1. The molecule has 0 spiro atoms. The van der Waals surface area contributed by atoms with Gasteiger partial charge in [0.2, 0.25) is 5.91 Å². The second-order valence-electron chi connectivity index (χ2n) is 6.68. The minimum Gasteiger partial charge on any atom is -0.302 e. The Kier molecular flexibility index (Phi) is 6.02. The molecule has 1 aliphatic carbocycles. The summed E-state index contributed by atoms with van der Waals surface area (Å²) in [6, 6.07) is 8.47. The van der Waals surface area contributed by atoms with E-state index in [9.17, 15) is 4.79 Å². The van der Waals surface area contributed by atoms with Crippen molar-refractivity contribution in [2.45, 2.75) is 58.3 Å². The zero-order valence-electron chi connectivity index (χ0n) is 14.4. The van der Waals surface area contributed by atoms with Crippen LogP contribution in [0.1, 0.15) is 57.4 Å². The van der Waals surface area contributed by atoms with Gasteiger partial charge in [0.25, 0.3) is 0 Å². The van der Waals surface area contributed by atoms with Crippen LogP contribution in [-0.4, -0.2) is 10.9 Å². The average Bonchev–Trinajstić information content (AvgIpc) is 3.09. The van der Waals surface area contributed by atoms with Crippen molar-refractivity contribution in [3.8, 4) is 11.3 Å². The molecule has 0 bridgehead atoms. The van der Waals surface area contributed by atoms with Crippen LogP contribution in [0.25, 0.3) is 11.3 Å². The van der Waals surface area contributed by atoms with E-state index in [2.05, 4.69) is 41.5 Å². The lowest BCUT2D eigenvalue weighted by Gasteiger charge is -2.20. The number of carbonyl (C=O) groups excluding carboxylic acids is 1. The van der Waals surface area contributed by atoms with Crippen LogP contribution in [-0.2, 0) is 11.2 Å². The molecule has 3 nitrogen and oxygen atoms in total. The predicted molar refractivity (Wildman–Crippen MR) is 101 cm³/mol. The van der Waals surface area contributed by atoms with Crippen LogP contribution in [0, 0.1) is 5.92 Å². The molecule has 1 aliphatic rings. The van der Waals surface area contributed by atoms with Crippen molar-refractivity contribution in [1.82, 2.24) is 4.98 Å². The maximum Gasteiger partial charge on any atom is 0.226 e. The summed E-state index contributed by atoms with van der Waals surface area (Å²) in [7, 11) is 0. The minimum absolute atomic E-state index is 0.0998. The lowest BCUT2D eigenvalue weighted by Crippen LogP contribution is -2.14. The third-order valence-electron chi connectivity index (χ3n) is 4.91. The van der Waals surface area contributed by atoms with E-state index >= 15 is 0 Å². The van der Waals surface area contributed by atoms with Crippen LogP contribution in [0.2, 0.25) is 0 Å². The second kappa shape index (κ2) is 8.43. The fraction of sp³-hybridized carbons (Fsp3) is 0.500. The van der Waals surface area contributed by atoms with Gasteiger partial charge in [0, 0.05) is 17.4 Å². The Labute approximate surface area is 148 Å². The van der Waals surface area contributed by atoms with Crippen LogP contribution >= 0.6 is 11.3 Å². The van der Waals surface area contributed by atoms with Crippen molar-refractivity contribution in [1.29, 1.82) is 0 Å². The minimum atomic E-state index is 0.0998. The van der Waals surface area contributed by atoms with Crippen molar-refractivity contribution in [3.05, 3.63) is 35.2 Å². The molecule has 0 atom stereocenters. The summed E-state index contributed by atoms with van der Waals surface area (Å²) in [5.41, 5.74) is 3.36. The molecular weight excluding hydrogens is 316 g/mol. The quantitative estimate of drug-likeness (QED) is 0.734. The predicted octanol–water partition coefficient (Wildman–Crippen LogP) is 5.67. The van der Waals surface area contributed by atoms with E-state index in [4.69, 9.17) is 0 Å². The maximum atomic E-state index is 12.1. The maximum absolute atomic E-state index is 12.1. The lowest BCUT2D eigenvalue weighted by molar-refractivity contribution is -0.116. The monoisotopic (exact) mass is 342 g/mol. The summed E-state index contributed by atoms with van der Waals surface area (Å²) in [5.74, 6) is 0.844. The Morgan fingerprint density at radius 3 is 2.67 bits per heavy atom. The third-order valence-corrected chi connectivity index (χ3v) is 5.67. The standard InChI is InChI=1S/C20H26N2OS/c1-2-15-8-11-17(12-9-15)18-14-24-20(21-18)22-19(23)13-10-16-6-4-3-5-7-16/h8-9,11-12,14,16H,2-7,10,13H2,1H3,(H,21,22,23). The highest BCUT2D eigenvalue weighted by Crippen LogP contribution is 2.28. The van der Waals surface area contributed by atoms with Crippen molar-refractivity contribution in [2.24, 2.45) is 5.92 Å². The number of carbonyl (C=O) groups is 1. The van der Waals surface area contributed by atoms with Gasteiger partial charge in [-0.15, -0.1) is 11.3 Å². The van der Waals surface area contributed by atoms with Crippen molar-refractivity contribution < 1.29 is 4.79 Å². The number of aryl methyl sites for hydroxylation is 1. The van der Waals surface area contributed by atoms with Gasteiger partial charge in [-0.1, -0.05) is 63.3 Å². The molecular formula is C20H26N2OS. The molecule has 24 heavy (non-hydrogen) atoms. The lowest BCUT2D eigenvalue weighted by atomic mass is 9.86. The van der Waals surface area contributed by atoms with Crippen LogP contribution in [0.3, 0.4) is 0 Å². The Balaban J connectivity index is 1.52. The third kappa shape index (κ3) is 4.67. The molecule has 4 heteroatoms. The molecule has 2 aromatic rings. The highest BCUT2D eigenvalue weighted by Gasteiger charge is 2.15.